The van der Waals surface area contributed by atoms with Gasteiger partial charge in [0.25, 0.3) is 0 Å². The first-order chi connectivity index (χ1) is 14.5. The van der Waals surface area contributed by atoms with Crippen molar-refractivity contribution in [1.29, 1.82) is 0 Å². The van der Waals surface area contributed by atoms with Crippen LogP contribution in [0.3, 0.4) is 0 Å². The minimum atomic E-state index is -0.576. The SMILES string of the molecule is Cc1cc(COc2ccc(CN3C[C@H](Oc4ccc(Cl)c(Cl)c4)[C@@H](O)C3)cc2)no1. The molecule has 2 aromatic carbocycles. The Bertz CT molecular complexity index is 993. The van der Waals surface area contributed by atoms with Crippen molar-refractivity contribution >= 4 is 23.2 Å². The number of aryl methyl sites for hydroxylation is 1. The summed E-state index contributed by atoms with van der Waals surface area (Å²) in [5.41, 5.74) is 1.89. The molecular weight excluding hydrogens is 427 g/mol. The van der Waals surface area contributed by atoms with E-state index in [9.17, 15) is 5.11 Å². The summed E-state index contributed by atoms with van der Waals surface area (Å²) in [4.78, 5) is 2.15. The number of halogens is 2. The van der Waals surface area contributed by atoms with E-state index in [4.69, 9.17) is 37.2 Å². The molecule has 1 aliphatic rings. The summed E-state index contributed by atoms with van der Waals surface area (Å²) in [7, 11) is 0. The van der Waals surface area contributed by atoms with E-state index in [0.29, 0.717) is 42.0 Å². The molecule has 0 spiro atoms. The average Bonchev–Trinajstić information content (AvgIpc) is 3.29. The van der Waals surface area contributed by atoms with Crippen molar-refractivity contribution in [3.05, 3.63) is 75.6 Å². The van der Waals surface area contributed by atoms with Gasteiger partial charge in [0.05, 0.1) is 10.0 Å². The summed E-state index contributed by atoms with van der Waals surface area (Å²) in [5.74, 6) is 2.12. The van der Waals surface area contributed by atoms with Gasteiger partial charge in [-0.3, -0.25) is 4.90 Å². The fourth-order valence-electron chi connectivity index (χ4n) is 3.40. The molecule has 0 radical (unpaired) electrons. The molecular formula is C22H22Cl2N2O4. The number of aliphatic hydroxyl groups excluding tert-OH is 1. The zero-order valence-corrected chi connectivity index (χ0v) is 17.9. The Balaban J connectivity index is 1.29. The molecule has 2 heterocycles. The van der Waals surface area contributed by atoms with Gasteiger partial charge in [-0.15, -0.1) is 0 Å². The highest BCUT2D eigenvalue weighted by molar-refractivity contribution is 6.42. The molecule has 0 amide bonds. The lowest BCUT2D eigenvalue weighted by molar-refractivity contribution is 0.0737. The number of β-amino-alcohol motifs (C(OH)–C–C–N with tert-alkyl or cyclic N) is 1. The number of aliphatic hydroxyl groups is 1. The molecule has 1 fully saturated rings. The first-order valence-electron chi connectivity index (χ1n) is 9.62. The Morgan fingerprint density at radius 1 is 1.07 bits per heavy atom. The van der Waals surface area contributed by atoms with Crippen LogP contribution in [0, 0.1) is 6.92 Å². The van der Waals surface area contributed by atoms with Crippen LogP contribution in [0.2, 0.25) is 10.0 Å². The van der Waals surface area contributed by atoms with E-state index in [2.05, 4.69) is 10.1 Å². The molecule has 6 nitrogen and oxygen atoms in total. The highest BCUT2D eigenvalue weighted by Crippen LogP contribution is 2.28. The Morgan fingerprint density at radius 3 is 2.53 bits per heavy atom. The third-order valence-electron chi connectivity index (χ3n) is 4.88. The molecule has 0 saturated carbocycles. The summed E-state index contributed by atoms with van der Waals surface area (Å²) < 4.78 is 16.7. The van der Waals surface area contributed by atoms with Gasteiger partial charge in [0.1, 0.15) is 41.8 Å². The summed E-state index contributed by atoms with van der Waals surface area (Å²) in [5, 5.41) is 15.2. The number of rotatable bonds is 7. The summed E-state index contributed by atoms with van der Waals surface area (Å²) in [6, 6.07) is 14.8. The smallest absolute Gasteiger partial charge is 0.138 e. The summed E-state index contributed by atoms with van der Waals surface area (Å²) >= 11 is 12.0. The number of hydrogen-bond acceptors (Lipinski definition) is 6. The van der Waals surface area contributed by atoms with E-state index < -0.39 is 6.10 Å². The maximum absolute atomic E-state index is 10.4. The lowest BCUT2D eigenvalue weighted by Gasteiger charge is -2.17. The number of hydrogen-bond donors (Lipinski definition) is 1. The van der Waals surface area contributed by atoms with E-state index in [1.54, 1.807) is 18.2 Å². The summed E-state index contributed by atoms with van der Waals surface area (Å²) in [6.45, 7) is 4.07. The molecule has 1 aliphatic heterocycles. The van der Waals surface area contributed by atoms with E-state index in [1.807, 2.05) is 37.3 Å². The molecule has 0 aliphatic carbocycles. The zero-order valence-electron chi connectivity index (χ0n) is 16.4. The number of nitrogens with zero attached hydrogens (tertiary/aromatic N) is 2. The first-order valence-corrected chi connectivity index (χ1v) is 10.4. The van der Waals surface area contributed by atoms with E-state index in [-0.39, 0.29) is 6.10 Å². The monoisotopic (exact) mass is 448 g/mol. The molecule has 30 heavy (non-hydrogen) atoms. The maximum Gasteiger partial charge on any atom is 0.138 e. The molecule has 1 aromatic heterocycles. The highest BCUT2D eigenvalue weighted by atomic mass is 35.5. The van der Waals surface area contributed by atoms with Crippen LogP contribution in [0.25, 0.3) is 0 Å². The molecule has 158 valence electrons. The van der Waals surface area contributed by atoms with Crippen LogP contribution in [0.5, 0.6) is 11.5 Å². The Hall–Kier alpha value is -2.25. The van der Waals surface area contributed by atoms with Gasteiger partial charge in [-0.05, 0) is 36.8 Å². The quantitative estimate of drug-likeness (QED) is 0.573. The Morgan fingerprint density at radius 2 is 1.83 bits per heavy atom. The lowest BCUT2D eigenvalue weighted by atomic mass is 10.2. The van der Waals surface area contributed by atoms with E-state index in [0.717, 1.165) is 22.8 Å². The number of likely N-dealkylation sites (tertiary alicyclic amines) is 1. The van der Waals surface area contributed by atoms with Crippen LogP contribution in [0.15, 0.2) is 53.1 Å². The van der Waals surface area contributed by atoms with Gasteiger partial charge in [0.15, 0.2) is 0 Å². The van der Waals surface area contributed by atoms with Gasteiger partial charge in [-0.2, -0.15) is 0 Å². The van der Waals surface area contributed by atoms with Crippen molar-refractivity contribution in [2.24, 2.45) is 0 Å². The van der Waals surface area contributed by atoms with Gasteiger partial charge >= 0.3 is 0 Å². The van der Waals surface area contributed by atoms with Crippen molar-refractivity contribution < 1.29 is 19.1 Å². The summed E-state index contributed by atoms with van der Waals surface area (Å²) in [6.07, 6.45) is -0.899. The highest BCUT2D eigenvalue weighted by Gasteiger charge is 2.33. The minimum absolute atomic E-state index is 0.323. The number of benzene rings is 2. The fraction of sp³-hybridized carbons (Fsp3) is 0.318. The second-order valence-electron chi connectivity index (χ2n) is 7.36. The molecule has 4 rings (SSSR count). The topological polar surface area (TPSA) is 68.0 Å². The van der Waals surface area contributed by atoms with Gasteiger partial charge in [0.2, 0.25) is 0 Å². The Labute approximate surface area is 184 Å². The lowest BCUT2D eigenvalue weighted by Crippen LogP contribution is -2.29. The molecule has 8 heteroatoms. The molecule has 0 unspecified atom stereocenters. The van der Waals surface area contributed by atoms with Crippen LogP contribution in [0.1, 0.15) is 17.0 Å². The third kappa shape index (κ3) is 5.26. The van der Waals surface area contributed by atoms with Crippen molar-refractivity contribution in [2.75, 3.05) is 13.1 Å². The predicted molar refractivity (Wildman–Crippen MR) is 114 cm³/mol. The van der Waals surface area contributed by atoms with E-state index in [1.165, 1.54) is 0 Å². The Kier molecular flexibility index (Phi) is 6.49. The average molecular weight is 449 g/mol. The normalized spacial score (nSPS) is 19.2. The van der Waals surface area contributed by atoms with Crippen LogP contribution >= 0.6 is 23.2 Å². The molecule has 1 saturated heterocycles. The minimum Gasteiger partial charge on any atom is -0.487 e. The second kappa shape index (κ2) is 9.27. The largest absolute Gasteiger partial charge is 0.487 e. The van der Waals surface area contributed by atoms with Crippen molar-refractivity contribution in [2.45, 2.75) is 32.3 Å². The van der Waals surface area contributed by atoms with Crippen LogP contribution in [-0.2, 0) is 13.2 Å². The number of aromatic nitrogens is 1. The first kappa shape index (κ1) is 21.0. The molecule has 3 aromatic rings. The molecule has 2 atom stereocenters. The molecule has 1 N–H and O–H groups in total. The number of ether oxygens (including phenoxy) is 2. The fourth-order valence-corrected chi connectivity index (χ4v) is 3.68. The van der Waals surface area contributed by atoms with Gasteiger partial charge in [-0.1, -0.05) is 40.5 Å². The van der Waals surface area contributed by atoms with Gasteiger partial charge < -0.3 is 19.1 Å². The third-order valence-corrected chi connectivity index (χ3v) is 5.62. The van der Waals surface area contributed by atoms with Crippen LogP contribution in [0.4, 0.5) is 0 Å². The maximum atomic E-state index is 10.4. The van der Waals surface area contributed by atoms with E-state index >= 15 is 0 Å². The van der Waals surface area contributed by atoms with Gasteiger partial charge in [-0.25, -0.2) is 0 Å². The standard InChI is InChI=1S/C22H22Cl2N2O4/c1-14-8-16(25-30-14)13-28-17-4-2-15(3-5-17)10-26-11-21(27)22(12-26)29-18-6-7-19(23)20(24)9-18/h2-9,21-22,27H,10-13H2,1H3/t21-,22-/m0/s1. The van der Waals surface area contributed by atoms with Crippen molar-refractivity contribution in [1.82, 2.24) is 10.1 Å². The molecule has 0 bridgehead atoms. The van der Waals surface area contributed by atoms with Crippen LogP contribution < -0.4 is 9.47 Å². The van der Waals surface area contributed by atoms with Crippen molar-refractivity contribution in [3.8, 4) is 11.5 Å². The zero-order chi connectivity index (χ0) is 21.1. The van der Waals surface area contributed by atoms with Gasteiger partial charge in [0, 0.05) is 31.8 Å². The van der Waals surface area contributed by atoms with Crippen molar-refractivity contribution in [3.63, 3.8) is 0 Å². The predicted octanol–water partition coefficient (Wildman–Crippen LogP) is 4.49. The van der Waals surface area contributed by atoms with Crippen LogP contribution in [-0.4, -0.2) is 40.5 Å². The second-order valence-corrected chi connectivity index (χ2v) is 8.17.